The molecule has 0 aromatic rings. The van der Waals surface area contributed by atoms with Gasteiger partial charge >= 0.3 is 9.28 Å². The largest absolute Gasteiger partial charge is 0.399 e. The topological polar surface area (TPSA) is 30.8 Å². The monoisotopic (exact) mass is 189 g/mol. The minimum Gasteiger partial charge on any atom is -0.399 e. The van der Waals surface area contributed by atoms with Crippen molar-refractivity contribution in [3.05, 3.63) is 0 Å². The molecule has 3 nitrogen and oxygen atoms in total. The van der Waals surface area contributed by atoms with Gasteiger partial charge in [-0.05, 0) is 19.6 Å². The highest BCUT2D eigenvalue weighted by Gasteiger charge is 2.21. The van der Waals surface area contributed by atoms with E-state index in [2.05, 4.69) is 11.9 Å². The molecule has 0 saturated carbocycles. The van der Waals surface area contributed by atoms with Gasteiger partial charge in [0.25, 0.3) is 0 Å². The molecule has 0 aliphatic rings. The van der Waals surface area contributed by atoms with Crippen LogP contribution >= 0.6 is 0 Å². The first kappa shape index (κ1) is 11.8. The molecule has 12 heavy (non-hydrogen) atoms. The van der Waals surface area contributed by atoms with Gasteiger partial charge in [0.15, 0.2) is 0 Å². The zero-order valence-corrected chi connectivity index (χ0v) is 9.56. The second-order valence-electron chi connectivity index (χ2n) is 2.60. The Morgan fingerprint density at radius 3 is 2.33 bits per heavy atom. The summed E-state index contributed by atoms with van der Waals surface area (Å²) in [5, 5.41) is 0. The van der Waals surface area contributed by atoms with Gasteiger partial charge in [-0.2, -0.15) is 0 Å². The number of hydrogen-bond donors (Lipinski definition) is 0. The zero-order chi connectivity index (χ0) is 9.40. The molecular formula is C8H19NO2Si. The number of rotatable bonds is 6. The number of hydrogen-bond acceptors (Lipinski definition) is 3. The molecule has 0 aliphatic carbocycles. The fourth-order valence-electron chi connectivity index (χ4n) is 1.18. The van der Waals surface area contributed by atoms with Gasteiger partial charge in [-0.15, -0.1) is 0 Å². The molecule has 0 radical (unpaired) electrons. The second kappa shape index (κ2) is 7.46. The third kappa shape index (κ3) is 3.99. The normalized spacial score (nSPS) is 14.4. The number of nitrogens with zero attached hydrogens (tertiary/aromatic N) is 1. The summed E-state index contributed by atoms with van der Waals surface area (Å²) in [6.07, 6.45) is 4.01. The summed E-state index contributed by atoms with van der Waals surface area (Å²) >= 11 is 0. The number of aliphatic imine (C=N–C) groups is 1. The van der Waals surface area contributed by atoms with Crippen LogP contribution in [0.5, 0.6) is 0 Å². The first-order valence-electron chi connectivity index (χ1n) is 4.33. The Bertz CT molecular complexity index is 126. The lowest BCUT2D eigenvalue weighted by atomic mass is 10.3. The van der Waals surface area contributed by atoms with Gasteiger partial charge in [0.05, 0.1) is 5.67 Å². The van der Waals surface area contributed by atoms with Gasteiger partial charge in [-0.3, -0.25) is 4.99 Å². The van der Waals surface area contributed by atoms with Crippen molar-refractivity contribution in [2.45, 2.75) is 32.4 Å². The highest BCUT2D eigenvalue weighted by Crippen LogP contribution is 2.06. The lowest BCUT2D eigenvalue weighted by Gasteiger charge is -2.18. The van der Waals surface area contributed by atoms with Crippen LogP contribution in [-0.2, 0) is 8.85 Å². The zero-order valence-electron chi connectivity index (χ0n) is 8.41. The van der Waals surface area contributed by atoms with Crippen molar-refractivity contribution in [2.24, 2.45) is 4.99 Å². The Balaban J connectivity index is 4.04. The van der Waals surface area contributed by atoms with Crippen LogP contribution in [0.3, 0.4) is 0 Å². The summed E-state index contributed by atoms with van der Waals surface area (Å²) in [4.78, 5) is 4.34. The smallest absolute Gasteiger partial charge is 0.346 e. The predicted octanol–water partition coefficient (Wildman–Crippen LogP) is 1.30. The van der Waals surface area contributed by atoms with Gasteiger partial charge in [0.2, 0.25) is 0 Å². The first-order valence-corrected chi connectivity index (χ1v) is 5.94. The minimum atomic E-state index is -1.54. The molecule has 0 rings (SSSR count). The van der Waals surface area contributed by atoms with Gasteiger partial charge in [-0.1, -0.05) is 13.3 Å². The van der Waals surface area contributed by atoms with E-state index < -0.39 is 9.28 Å². The molecule has 4 heteroatoms. The Hall–Kier alpha value is -0.193. The molecule has 0 aromatic carbocycles. The van der Waals surface area contributed by atoms with E-state index in [-0.39, 0.29) is 5.67 Å². The van der Waals surface area contributed by atoms with E-state index in [0.717, 1.165) is 12.8 Å². The molecule has 0 aromatic heterocycles. The van der Waals surface area contributed by atoms with E-state index >= 15 is 0 Å². The molecule has 0 spiro atoms. The second-order valence-corrected chi connectivity index (χ2v) is 5.05. The molecule has 1 unspecified atom stereocenters. The molecular weight excluding hydrogens is 170 g/mol. The van der Waals surface area contributed by atoms with Crippen molar-refractivity contribution < 1.29 is 8.85 Å². The minimum absolute atomic E-state index is 0.273. The van der Waals surface area contributed by atoms with Crippen LogP contribution < -0.4 is 0 Å². The van der Waals surface area contributed by atoms with Crippen molar-refractivity contribution in [1.82, 2.24) is 0 Å². The standard InChI is InChI=1S/C8H19NO2Si/c1-5-7-8(9-6-2)12(10-3)11-4/h6,8,12H,5,7H2,1-4H3. The van der Waals surface area contributed by atoms with Crippen molar-refractivity contribution in [3.63, 3.8) is 0 Å². The quantitative estimate of drug-likeness (QED) is 0.466. The Labute approximate surface area is 76.6 Å². The fraction of sp³-hybridized carbons (Fsp3) is 0.875. The maximum absolute atomic E-state index is 5.27. The molecule has 0 fully saturated rings. The van der Waals surface area contributed by atoms with E-state index in [1.165, 1.54) is 0 Å². The maximum atomic E-state index is 5.27. The summed E-state index contributed by atoms with van der Waals surface area (Å²) < 4.78 is 10.5. The molecule has 0 amide bonds. The van der Waals surface area contributed by atoms with Crippen LogP contribution in [0.25, 0.3) is 0 Å². The molecule has 0 bridgehead atoms. The summed E-state index contributed by atoms with van der Waals surface area (Å²) in [6, 6.07) is 0. The average Bonchev–Trinajstić information content (AvgIpc) is 2.07. The van der Waals surface area contributed by atoms with Crippen molar-refractivity contribution in [2.75, 3.05) is 14.2 Å². The summed E-state index contributed by atoms with van der Waals surface area (Å²) in [7, 11) is 1.86. The molecule has 1 atom stereocenters. The Morgan fingerprint density at radius 2 is 2.00 bits per heavy atom. The van der Waals surface area contributed by atoms with Crippen molar-refractivity contribution in [3.8, 4) is 0 Å². The van der Waals surface area contributed by atoms with Crippen LogP contribution in [0.15, 0.2) is 4.99 Å². The third-order valence-electron chi connectivity index (χ3n) is 1.70. The summed E-state index contributed by atoms with van der Waals surface area (Å²) in [6.45, 7) is 4.08. The van der Waals surface area contributed by atoms with E-state index in [4.69, 9.17) is 8.85 Å². The molecule has 0 aliphatic heterocycles. The highest BCUT2D eigenvalue weighted by molar-refractivity contribution is 6.46. The SMILES string of the molecule is CC=NC(CCC)[SiH](OC)OC. The van der Waals surface area contributed by atoms with Crippen molar-refractivity contribution in [1.29, 1.82) is 0 Å². The van der Waals surface area contributed by atoms with Crippen LogP contribution in [0.1, 0.15) is 26.7 Å². The Kier molecular flexibility index (Phi) is 7.34. The first-order chi connectivity index (χ1) is 5.79. The van der Waals surface area contributed by atoms with E-state index in [1.807, 2.05) is 13.1 Å². The lowest BCUT2D eigenvalue weighted by molar-refractivity contribution is 0.264. The van der Waals surface area contributed by atoms with Crippen molar-refractivity contribution >= 4 is 15.5 Å². The van der Waals surface area contributed by atoms with E-state index in [9.17, 15) is 0 Å². The molecule has 0 N–H and O–H groups in total. The van der Waals surface area contributed by atoms with E-state index in [0.29, 0.717) is 0 Å². The molecule has 0 heterocycles. The highest BCUT2D eigenvalue weighted by atomic mass is 28.3. The predicted molar refractivity (Wildman–Crippen MR) is 54.0 cm³/mol. The van der Waals surface area contributed by atoms with Crippen LogP contribution in [-0.4, -0.2) is 35.4 Å². The maximum Gasteiger partial charge on any atom is 0.346 e. The lowest BCUT2D eigenvalue weighted by Crippen LogP contribution is -2.34. The average molecular weight is 189 g/mol. The van der Waals surface area contributed by atoms with Gasteiger partial charge < -0.3 is 8.85 Å². The molecule has 0 saturated heterocycles. The van der Waals surface area contributed by atoms with E-state index in [1.54, 1.807) is 14.2 Å². The summed E-state index contributed by atoms with van der Waals surface area (Å²) in [5.74, 6) is 0. The third-order valence-corrected chi connectivity index (χ3v) is 3.77. The Morgan fingerprint density at radius 1 is 1.42 bits per heavy atom. The van der Waals surface area contributed by atoms with Gasteiger partial charge in [0.1, 0.15) is 0 Å². The van der Waals surface area contributed by atoms with Gasteiger partial charge in [-0.25, -0.2) is 0 Å². The van der Waals surface area contributed by atoms with Gasteiger partial charge in [0, 0.05) is 14.2 Å². The van der Waals surface area contributed by atoms with Crippen LogP contribution in [0, 0.1) is 0 Å². The fourth-order valence-corrected chi connectivity index (χ4v) is 2.92. The summed E-state index contributed by atoms with van der Waals surface area (Å²) in [5.41, 5.74) is 0.273. The van der Waals surface area contributed by atoms with Crippen LogP contribution in [0.4, 0.5) is 0 Å². The van der Waals surface area contributed by atoms with Crippen LogP contribution in [0.2, 0.25) is 0 Å². The molecule has 72 valence electrons.